The number of fused-ring (bicyclic) bond motifs is 1. The van der Waals surface area contributed by atoms with Crippen LogP contribution in [0.2, 0.25) is 0 Å². The maximum Gasteiger partial charge on any atom is 0.223 e. The van der Waals surface area contributed by atoms with Gasteiger partial charge in [-0.05, 0) is 12.1 Å². The van der Waals surface area contributed by atoms with Gasteiger partial charge in [-0.3, -0.25) is 14.2 Å². The van der Waals surface area contributed by atoms with Gasteiger partial charge < -0.3 is 15.0 Å². The van der Waals surface area contributed by atoms with Crippen LogP contribution < -0.4 is 10.1 Å². The smallest absolute Gasteiger partial charge is 0.223 e. The van der Waals surface area contributed by atoms with Crippen molar-refractivity contribution in [1.82, 2.24) is 19.3 Å². The number of carbonyl (C=O) groups is 1. The third-order valence-electron chi connectivity index (χ3n) is 3.90. The lowest BCUT2D eigenvalue weighted by Crippen LogP contribution is -2.24. The maximum absolute atomic E-state index is 11.8. The van der Waals surface area contributed by atoms with Gasteiger partial charge in [0.05, 0.1) is 13.3 Å². The van der Waals surface area contributed by atoms with Crippen LogP contribution in [-0.2, 0) is 4.79 Å². The van der Waals surface area contributed by atoms with E-state index in [0.29, 0.717) is 13.0 Å². The molecule has 3 rings (SSSR count). The fraction of sp³-hybridized carbons (Fsp3) is 0.278. The third kappa shape index (κ3) is 3.55. The van der Waals surface area contributed by atoms with Crippen molar-refractivity contribution in [3.8, 4) is 17.0 Å². The molecule has 0 aliphatic carbocycles. The molecule has 0 fully saturated rings. The van der Waals surface area contributed by atoms with Gasteiger partial charge in [0.2, 0.25) is 5.91 Å². The monoisotopic (exact) mass is 339 g/mol. The normalized spacial score (nSPS) is 10.7. The standard InChI is InChI=1S/C18H21N5O2/c1-22(2)16(24)7-8-20-18-17(13-5-4-6-14(11-13)25-3)21-15-12-19-9-10-23(15)18/h4-6,9-12,20H,7-8H2,1-3H3. The van der Waals surface area contributed by atoms with Crippen LogP contribution >= 0.6 is 0 Å². The van der Waals surface area contributed by atoms with Crippen molar-refractivity contribution >= 4 is 17.4 Å². The molecule has 1 amide bonds. The Balaban J connectivity index is 1.95. The molecule has 0 unspecified atom stereocenters. The second kappa shape index (κ2) is 7.21. The summed E-state index contributed by atoms with van der Waals surface area (Å²) in [4.78, 5) is 22.2. The van der Waals surface area contributed by atoms with Crippen LogP contribution in [-0.4, -0.2) is 52.9 Å². The number of amides is 1. The minimum Gasteiger partial charge on any atom is -0.497 e. The molecule has 1 aromatic carbocycles. The number of nitrogens with zero attached hydrogens (tertiary/aromatic N) is 4. The summed E-state index contributed by atoms with van der Waals surface area (Å²) in [5.74, 6) is 1.67. The van der Waals surface area contributed by atoms with Gasteiger partial charge in [-0.15, -0.1) is 0 Å². The van der Waals surface area contributed by atoms with Crippen LogP contribution in [0.3, 0.4) is 0 Å². The first kappa shape index (κ1) is 16.8. The number of benzene rings is 1. The largest absolute Gasteiger partial charge is 0.497 e. The molecule has 25 heavy (non-hydrogen) atoms. The van der Waals surface area contributed by atoms with Crippen molar-refractivity contribution in [1.29, 1.82) is 0 Å². The Morgan fingerprint density at radius 3 is 2.96 bits per heavy atom. The van der Waals surface area contributed by atoms with Crippen LogP contribution in [0.15, 0.2) is 42.9 Å². The summed E-state index contributed by atoms with van der Waals surface area (Å²) >= 11 is 0. The first-order valence-corrected chi connectivity index (χ1v) is 8.00. The summed E-state index contributed by atoms with van der Waals surface area (Å²) in [5.41, 5.74) is 2.47. The topological polar surface area (TPSA) is 71.8 Å². The SMILES string of the molecule is COc1cccc(-c2nc3cnccn3c2NCCC(=O)N(C)C)c1. The van der Waals surface area contributed by atoms with E-state index in [9.17, 15) is 4.79 Å². The number of ether oxygens (including phenoxy) is 1. The lowest BCUT2D eigenvalue weighted by atomic mass is 10.1. The number of methoxy groups -OCH3 is 1. The van der Waals surface area contributed by atoms with Crippen molar-refractivity contribution in [2.45, 2.75) is 6.42 Å². The average Bonchev–Trinajstić information content (AvgIpc) is 3.00. The van der Waals surface area contributed by atoms with Crippen LogP contribution in [0.4, 0.5) is 5.82 Å². The van der Waals surface area contributed by atoms with E-state index in [0.717, 1.165) is 28.5 Å². The highest BCUT2D eigenvalue weighted by atomic mass is 16.5. The Bertz CT molecular complexity index is 888. The maximum atomic E-state index is 11.8. The van der Waals surface area contributed by atoms with Crippen LogP contribution in [0, 0.1) is 0 Å². The van der Waals surface area contributed by atoms with Crippen LogP contribution in [0.25, 0.3) is 16.9 Å². The molecule has 0 bridgehead atoms. The van der Waals surface area contributed by atoms with Gasteiger partial charge in [-0.2, -0.15) is 0 Å². The van der Waals surface area contributed by atoms with Crippen molar-refractivity contribution in [2.24, 2.45) is 0 Å². The Kier molecular flexibility index (Phi) is 4.83. The molecule has 0 aliphatic rings. The predicted octanol–water partition coefficient (Wildman–Crippen LogP) is 2.30. The molecule has 7 heteroatoms. The predicted molar refractivity (Wildman–Crippen MR) is 96.8 cm³/mol. The minimum atomic E-state index is 0.0749. The summed E-state index contributed by atoms with van der Waals surface area (Å²) in [7, 11) is 5.15. The quantitative estimate of drug-likeness (QED) is 0.746. The van der Waals surface area contributed by atoms with Gasteiger partial charge in [-0.25, -0.2) is 4.98 Å². The van der Waals surface area contributed by atoms with E-state index in [1.54, 1.807) is 38.5 Å². The lowest BCUT2D eigenvalue weighted by Gasteiger charge is -2.12. The number of nitrogens with one attached hydrogen (secondary N) is 1. The van der Waals surface area contributed by atoms with Crippen molar-refractivity contribution in [3.05, 3.63) is 42.9 Å². The highest BCUT2D eigenvalue weighted by Gasteiger charge is 2.15. The molecular formula is C18H21N5O2. The zero-order chi connectivity index (χ0) is 17.8. The molecular weight excluding hydrogens is 318 g/mol. The Morgan fingerprint density at radius 1 is 1.36 bits per heavy atom. The molecule has 0 atom stereocenters. The molecule has 1 N–H and O–H groups in total. The molecule has 2 aromatic heterocycles. The molecule has 0 saturated carbocycles. The second-order valence-electron chi connectivity index (χ2n) is 5.81. The summed E-state index contributed by atoms with van der Waals surface area (Å²) < 4.78 is 7.24. The highest BCUT2D eigenvalue weighted by Crippen LogP contribution is 2.30. The molecule has 0 spiro atoms. The van der Waals surface area contributed by atoms with E-state index >= 15 is 0 Å². The first-order chi connectivity index (χ1) is 12.1. The van der Waals surface area contributed by atoms with Crippen LogP contribution in [0.5, 0.6) is 5.75 Å². The second-order valence-corrected chi connectivity index (χ2v) is 5.81. The van der Waals surface area contributed by atoms with Gasteiger partial charge in [0.1, 0.15) is 17.3 Å². The van der Waals surface area contributed by atoms with E-state index in [-0.39, 0.29) is 5.91 Å². The van der Waals surface area contributed by atoms with Gasteiger partial charge in [0, 0.05) is 45.0 Å². The van der Waals surface area contributed by atoms with E-state index in [1.165, 1.54) is 0 Å². The van der Waals surface area contributed by atoms with Crippen molar-refractivity contribution in [3.63, 3.8) is 0 Å². The number of aromatic nitrogens is 3. The average molecular weight is 339 g/mol. The summed E-state index contributed by atoms with van der Waals surface area (Å²) in [5, 5.41) is 3.34. The van der Waals surface area contributed by atoms with E-state index < -0.39 is 0 Å². The van der Waals surface area contributed by atoms with Gasteiger partial charge in [-0.1, -0.05) is 12.1 Å². The Hall–Kier alpha value is -3.09. The molecule has 7 nitrogen and oxygen atoms in total. The minimum absolute atomic E-state index is 0.0749. The Labute approximate surface area is 146 Å². The molecule has 0 radical (unpaired) electrons. The summed E-state index contributed by atoms with van der Waals surface area (Å²) in [6, 6.07) is 7.73. The summed E-state index contributed by atoms with van der Waals surface area (Å²) in [6.45, 7) is 0.518. The fourth-order valence-electron chi connectivity index (χ4n) is 2.56. The number of hydrogen-bond donors (Lipinski definition) is 1. The molecule has 0 saturated heterocycles. The number of rotatable bonds is 6. The van der Waals surface area contributed by atoms with Crippen molar-refractivity contribution in [2.75, 3.05) is 33.1 Å². The van der Waals surface area contributed by atoms with E-state index in [2.05, 4.69) is 15.3 Å². The van der Waals surface area contributed by atoms with Crippen LogP contribution in [0.1, 0.15) is 6.42 Å². The zero-order valence-electron chi connectivity index (χ0n) is 14.6. The van der Waals surface area contributed by atoms with E-state index in [1.807, 2.05) is 34.9 Å². The van der Waals surface area contributed by atoms with Gasteiger partial charge in [0.25, 0.3) is 0 Å². The molecule has 3 aromatic rings. The van der Waals surface area contributed by atoms with Gasteiger partial charge in [0.15, 0.2) is 5.65 Å². The number of anilines is 1. The van der Waals surface area contributed by atoms with E-state index in [4.69, 9.17) is 4.74 Å². The number of carbonyl (C=O) groups excluding carboxylic acids is 1. The lowest BCUT2D eigenvalue weighted by molar-refractivity contribution is -0.128. The van der Waals surface area contributed by atoms with Crippen molar-refractivity contribution < 1.29 is 9.53 Å². The third-order valence-corrected chi connectivity index (χ3v) is 3.90. The molecule has 0 aliphatic heterocycles. The highest BCUT2D eigenvalue weighted by molar-refractivity contribution is 5.78. The zero-order valence-corrected chi connectivity index (χ0v) is 14.6. The molecule has 130 valence electrons. The Morgan fingerprint density at radius 2 is 2.20 bits per heavy atom. The number of imidazole rings is 1. The van der Waals surface area contributed by atoms with Gasteiger partial charge >= 0.3 is 0 Å². The number of hydrogen-bond acceptors (Lipinski definition) is 5. The first-order valence-electron chi connectivity index (χ1n) is 8.00. The molecule has 2 heterocycles. The fourth-order valence-corrected chi connectivity index (χ4v) is 2.56. The summed E-state index contributed by atoms with van der Waals surface area (Å²) in [6.07, 6.45) is 5.67.